The minimum atomic E-state index is 0.149. The zero-order chi connectivity index (χ0) is 12.2. The number of nitrogens with two attached hydrogens (primary N) is 4. The van der Waals surface area contributed by atoms with E-state index in [0.29, 0.717) is 0 Å². The Labute approximate surface area is 100 Å². The van der Waals surface area contributed by atoms with E-state index in [1.165, 1.54) is 12.8 Å². The van der Waals surface area contributed by atoms with Crippen molar-refractivity contribution in [1.82, 2.24) is 0 Å². The summed E-state index contributed by atoms with van der Waals surface area (Å²) in [6.07, 6.45) is 8.88. The fourth-order valence-electron chi connectivity index (χ4n) is 1.83. The second-order valence-electron chi connectivity index (χ2n) is 4.60. The highest BCUT2D eigenvalue weighted by Gasteiger charge is 2.11. The predicted molar refractivity (Wildman–Crippen MR) is 71.0 cm³/mol. The molecule has 4 nitrogen and oxygen atoms in total. The third-order valence-corrected chi connectivity index (χ3v) is 3.03. The Hall–Kier alpha value is -0.160. The van der Waals surface area contributed by atoms with Gasteiger partial charge in [0, 0.05) is 12.1 Å². The first-order chi connectivity index (χ1) is 7.72. The van der Waals surface area contributed by atoms with Gasteiger partial charge in [-0.1, -0.05) is 25.7 Å². The topological polar surface area (TPSA) is 104 Å². The quantitative estimate of drug-likeness (QED) is 0.392. The van der Waals surface area contributed by atoms with Gasteiger partial charge in [0.05, 0.1) is 0 Å². The van der Waals surface area contributed by atoms with E-state index in [1.807, 2.05) is 0 Å². The van der Waals surface area contributed by atoms with Gasteiger partial charge in [-0.3, -0.25) is 0 Å². The molecule has 0 amide bonds. The van der Waals surface area contributed by atoms with Crippen LogP contribution in [0.1, 0.15) is 51.4 Å². The van der Waals surface area contributed by atoms with Crippen LogP contribution >= 0.6 is 0 Å². The lowest BCUT2D eigenvalue weighted by Gasteiger charge is -2.19. The van der Waals surface area contributed by atoms with Crippen LogP contribution in [-0.4, -0.2) is 25.2 Å². The highest BCUT2D eigenvalue weighted by molar-refractivity contribution is 4.75. The van der Waals surface area contributed by atoms with Crippen molar-refractivity contribution in [1.29, 1.82) is 0 Å². The lowest BCUT2D eigenvalue weighted by atomic mass is 9.98. The van der Waals surface area contributed by atoms with Crippen LogP contribution in [0.4, 0.5) is 0 Å². The van der Waals surface area contributed by atoms with Gasteiger partial charge in [0.2, 0.25) is 0 Å². The van der Waals surface area contributed by atoms with Crippen molar-refractivity contribution in [2.75, 3.05) is 13.1 Å². The highest BCUT2D eigenvalue weighted by atomic mass is 14.8. The zero-order valence-electron chi connectivity index (χ0n) is 10.5. The van der Waals surface area contributed by atoms with E-state index in [1.54, 1.807) is 0 Å². The highest BCUT2D eigenvalue weighted by Crippen LogP contribution is 2.09. The number of hydrogen-bond acceptors (Lipinski definition) is 4. The third-order valence-electron chi connectivity index (χ3n) is 3.03. The summed E-state index contributed by atoms with van der Waals surface area (Å²) in [5.41, 5.74) is 22.9. The van der Waals surface area contributed by atoms with Crippen LogP contribution in [0.25, 0.3) is 0 Å². The lowest BCUT2D eigenvalue weighted by molar-refractivity contribution is 0.435. The normalized spacial score (nSPS) is 15.0. The minimum Gasteiger partial charge on any atom is -0.330 e. The molecule has 0 spiro atoms. The maximum Gasteiger partial charge on any atom is 0.0192 e. The van der Waals surface area contributed by atoms with Crippen molar-refractivity contribution in [2.45, 2.75) is 63.5 Å². The largest absolute Gasteiger partial charge is 0.330 e. The van der Waals surface area contributed by atoms with E-state index in [0.717, 1.165) is 51.6 Å². The standard InChI is InChI=1S/C12H30N4/c13-9-5-1-3-7-11(15)12(16)8-4-2-6-10-14/h11-12H,1-10,13-16H2/t11-,12+. The Balaban J connectivity index is 3.38. The summed E-state index contributed by atoms with van der Waals surface area (Å²) in [7, 11) is 0. The zero-order valence-corrected chi connectivity index (χ0v) is 10.5. The molecule has 0 radical (unpaired) electrons. The van der Waals surface area contributed by atoms with Crippen molar-refractivity contribution in [3.05, 3.63) is 0 Å². The molecule has 0 aliphatic rings. The first kappa shape index (κ1) is 15.8. The molecule has 2 atom stereocenters. The van der Waals surface area contributed by atoms with E-state index in [-0.39, 0.29) is 12.1 Å². The Bertz CT molecular complexity index is 125. The van der Waals surface area contributed by atoms with Crippen LogP contribution < -0.4 is 22.9 Å². The molecule has 0 aromatic rings. The molecule has 16 heavy (non-hydrogen) atoms. The van der Waals surface area contributed by atoms with Gasteiger partial charge in [0.15, 0.2) is 0 Å². The van der Waals surface area contributed by atoms with Gasteiger partial charge in [0.25, 0.3) is 0 Å². The monoisotopic (exact) mass is 230 g/mol. The molecule has 0 saturated carbocycles. The molecule has 0 aromatic carbocycles. The van der Waals surface area contributed by atoms with Gasteiger partial charge in [-0.05, 0) is 38.8 Å². The molecule has 0 aliphatic carbocycles. The third kappa shape index (κ3) is 9.09. The summed E-state index contributed by atoms with van der Waals surface area (Å²) >= 11 is 0. The molecule has 0 aliphatic heterocycles. The summed E-state index contributed by atoms with van der Waals surface area (Å²) in [6.45, 7) is 1.56. The van der Waals surface area contributed by atoms with E-state index in [9.17, 15) is 0 Å². The molecule has 0 aromatic heterocycles. The summed E-state index contributed by atoms with van der Waals surface area (Å²) < 4.78 is 0. The minimum absolute atomic E-state index is 0.149. The molecule has 0 fully saturated rings. The summed E-state index contributed by atoms with van der Waals surface area (Å²) in [6, 6.07) is 0.298. The van der Waals surface area contributed by atoms with Gasteiger partial charge < -0.3 is 22.9 Å². The Morgan fingerprint density at radius 1 is 0.562 bits per heavy atom. The molecule has 98 valence electrons. The van der Waals surface area contributed by atoms with Crippen molar-refractivity contribution < 1.29 is 0 Å². The van der Waals surface area contributed by atoms with Crippen molar-refractivity contribution in [3.63, 3.8) is 0 Å². The van der Waals surface area contributed by atoms with Crippen LogP contribution in [0.15, 0.2) is 0 Å². The second-order valence-corrected chi connectivity index (χ2v) is 4.60. The number of hydrogen-bond donors (Lipinski definition) is 4. The molecular formula is C12H30N4. The van der Waals surface area contributed by atoms with Crippen LogP contribution in [0, 0.1) is 0 Å². The van der Waals surface area contributed by atoms with E-state index < -0.39 is 0 Å². The molecular weight excluding hydrogens is 200 g/mol. The first-order valence-corrected chi connectivity index (χ1v) is 6.63. The smallest absolute Gasteiger partial charge is 0.0192 e. The molecule has 0 unspecified atom stereocenters. The molecule has 0 rings (SSSR count). The van der Waals surface area contributed by atoms with Crippen molar-refractivity contribution >= 4 is 0 Å². The first-order valence-electron chi connectivity index (χ1n) is 6.63. The van der Waals surface area contributed by atoms with Gasteiger partial charge in [-0.15, -0.1) is 0 Å². The van der Waals surface area contributed by atoms with Crippen LogP contribution in [0.2, 0.25) is 0 Å². The fourth-order valence-corrected chi connectivity index (χ4v) is 1.83. The van der Waals surface area contributed by atoms with Gasteiger partial charge in [0.1, 0.15) is 0 Å². The molecule has 4 heteroatoms. The SMILES string of the molecule is NCCCCC[C@@H](N)[C@@H](N)CCCCCN. The predicted octanol–water partition coefficient (Wildman–Crippen LogP) is 0.679. The molecule has 0 heterocycles. The van der Waals surface area contributed by atoms with Gasteiger partial charge in [-0.2, -0.15) is 0 Å². The van der Waals surface area contributed by atoms with Gasteiger partial charge >= 0.3 is 0 Å². The molecule has 8 N–H and O–H groups in total. The summed E-state index contributed by atoms with van der Waals surface area (Å²) in [5, 5.41) is 0. The fraction of sp³-hybridized carbons (Fsp3) is 1.00. The molecule has 0 saturated heterocycles. The van der Waals surface area contributed by atoms with E-state index in [4.69, 9.17) is 22.9 Å². The average Bonchev–Trinajstić information content (AvgIpc) is 2.29. The second kappa shape index (κ2) is 11.3. The summed E-state index contributed by atoms with van der Waals surface area (Å²) in [4.78, 5) is 0. The number of rotatable bonds is 11. The Morgan fingerprint density at radius 3 is 1.25 bits per heavy atom. The Kier molecular flexibility index (Phi) is 11.2. The van der Waals surface area contributed by atoms with E-state index >= 15 is 0 Å². The maximum atomic E-state index is 6.03. The summed E-state index contributed by atoms with van der Waals surface area (Å²) in [5.74, 6) is 0. The maximum absolute atomic E-state index is 6.03. The van der Waals surface area contributed by atoms with Gasteiger partial charge in [-0.25, -0.2) is 0 Å². The van der Waals surface area contributed by atoms with E-state index in [2.05, 4.69) is 0 Å². The molecule has 0 bridgehead atoms. The Morgan fingerprint density at radius 2 is 0.938 bits per heavy atom. The average molecular weight is 230 g/mol. The van der Waals surface area contributed by atoms with Crippen molar-refractivity contribution in [2.24, 2.45) is 22.9 Å². The lowest BCUT2D eigenvalue weighted by Crippen LogP contribution is -2.41. The van der Waals surface area contributed by atoms with Crippen LogP contribution in [-0.2, 0) is 0 Å². The number of unbranched alkanes of at least 4 members (excludes halogenated alkanes) is 4. The van der Waals surface area contributed by atoms with Crippen LogP contribution in [0.3, 0.4) is 0 Å². The van der Waals surface area contributed by atoms with Crippen molar-refractivity contribution in [3.8, 4) is 0 Å². The van der Waals surface area contributed by atoms with Crippen LogP contribution in [0.5, 0.6) is 0 Å².